The van der Waals surface area contributed by atoms with E-state index in [0.717, 1.165) is 5.03 Å². The summed E-state index contributed by atoms with van der Waals surface area (Å²) >= 11 is 1.56. The zero-order valence-electron chi connectivity index (χ0n) is 9.41. The van der Waals surface area contributed by atoms with Gasteiger partial charge in [0.05, 0.1) is 22.6 Å². The molecule has 0 aliphatic carbocycles. The van der Waals surface area contributed by atoms with Crippen molar-refractivity contribution in [2.45, 2.75) is 29.7 Å². The van der Waals surface area contributed by atoms with Gasteiger partial charge in [0.15, 0.2) is 0 Å². The summed E-state index contributed by atoms with van der Waals surface area (Å²) in [4.78, 5) is 8.86. The summed E-state index contributed by atoms with van der Waals surface area (Å²) in [5.74, 6) is 0. The Bertz CT molecular complexity index is 317. The number of oxime groups is 1. The van der Waals surface area contributed by atoms with E-state index >= 15 is 0 Å². The van der Waals surface area contributed by atoms with E-state index in [-0.39, 0.29) is 11.4 Å². The Morgan fingerprint density at radius 1 is 1.62 bits per heavy atom. The molecule has 4 nitrogen and oxygen atoms in total. The number of pyridine rings is 1. The lowest BCUT2D eigenvalue weighted by molar-refractivity contribution is 0.187. The van der Waals surface area contributed by atoms with Gasteiger partial charge >= 0.3 is 0 Å². The molecule has 0 saturated carbocycles. The summed E-state index contributed by atoms with van der Waals surface area (Å²) in [5, 5.41) is 14.1. The molecule has 1 heterocycles. The Kier molecular flexibility index (Phi) is 5.88. The van der Waals surface area contributed by atoms with Gasteiger partial charge in [-0.25, -0.2) is 4.98 Å². The minimum atomic E-state index is -0.371. The second-order valence-corrected chi connectivity index (χ2v) is 4.61. The summed E-state index contributed by atoms with van der Waals surface area (Å²) in [5.41, 5.74) is 0. The molecule has 0 radical (unpaired) electrons. The van der Waals surface area contributed by atoms with E-state index in [1.165, 1.54) is 7.11 Å². The van der Waals surface area contributed by atoms with Gasteiger partial charge in [-0.05, 0) is 25.5 Å². The first-order valence-electron chi connectivity index (χ1n) is 5.04. The van der Waals surface area contributed by atoms with Gasteiger partial charge < -0.3 is 9.94 Å². The summed E-state index contributed by atoms with van der Waals surface area (Å²) in [6.45, 7) is 1.76. The summed E-state index contributed by atoms with van der Waals surface area (Å²) < 4.78 is 0. The van der Waals surface area contributed by atoms with E-state index in [0.29, 0.717) is 6.42 Å². The van der Waals surface area contributed by atoms with Crippen LogP contribution in [-0.4, -0.2) is 34.8 Å². The first-order chi connectivity index (χ1) is 7.72. The third kappa shape index (κ3) is 5.14. The molecular weight excluding hydrogens is 224 g/mol. The van der Waals surface area contributed by atoms with Crippen LogP contribution < -0.4 is 0 Å². The fourth-order valence-corrected chi connectivity index (χ4v) is 2.25. The number of aromatic nitrogens is 1. The molecule has 2 atom stereocenters. The number of aliphatic hydroxyl groups is 1. The van der Waals surface area contributed by atoms with Crippen molar-refractivity contribution in [2.24, 2.45) is 5.16 Å². The molecule has 0 amide bonds. The normalized spacial score (nSPS) is 14.9. The van der Waals surface area contributed by atoms with Crippen LogP contribution in [0.1, 0.15) is 13.3 Å². The Morgan fingerprint density at radius 3 is 3.00 bits per heavy atom. The highest BCUT2D eigenvalue weighted by atomic mass is 32.2. The molecule has 5 heteroatoms. The molecule has 0 aliphatic heterocycles. The van der Waals surface area contributed by atoms with Crippen molar-refractivity contribution >= 4 is 18.0 Å². The van der Waals surface area contributed by atoms with Crippen LogP contribution in [0.4, 0.5) is 0 Å². The predicted octanol–water partition coefficient (Wildman–Crippen LogP) is 1.95. The summed E-state index contributed by atoms with van der Waals surface area (Å²) in [7, 11) is 1.50. The Morgan fingerprint density at radius 2 is 2.44 bits per heavy atom. The lowest BCUT2D eigenvalue weighted by Crippen LogP contribution is -2.13. The van der Waals surface area contributed by atoms with E-state index < -0.39 is 0 Å². The molecule has 0 bridgehead atoms. The van der Waals surface area contributed by atoms with Crippen molar-refractivity contribution in [3.63, 3.8) is 0 Å². The fourth-order valence-electron chi connectivity index (χ4n) is 1.18. The Hall–Kier alpha value is -1.07. The highest BCUT2D eigenvalue weighted by Crippen LogP contribution is 2.23. The molecule has 1 aromatic rings. The third-order valence-electron chi connectivity index (χ3n) is 1.82. The quantitative estimate of drug-likeness (QED) is 0.469. The topological polar surface area (TPSA) is 54.7 Å². The van der Waals surface area contributed by atoms with Gasteiger partial charge in [0.25, 0.3) is 0 Å². The third-order valence-corrected chi connectivity index (χ3v) is 2.92. The lowest BCUT2D eigenvalue weighted by atomic mass is 10.2. The van der Waals surface area contributed by atoms with Crippen molar-refractivity contribution in [2.75, 3.05) is 7.11 Å². The fraction of sp³-hybridized carbons (Fsp3) is 0.455. The van der Waals surface area contributed by atoms with Crippen molar-refractivity contribution in [3.8, 4) is 0 Å². The molecule has 1 N–H and O–H groups in total. The molecule has 0 fully saturated rings. The van der Waals surface area contributed by atoms with Crippen LogP contribution in [-0.2, 0) is 4.84 Å². The molecule has 88 valence electrons. The molecule has 1 aromatic heterocycles. The smallest absolute Gasteiger partial charge is 0.106 e. The van der Waals surface area contributed by atoms with Gasteiger partial charge in [0.2, 0.25) is 0 Å². The summed E-state index contributed by atoms with van der Waals surface area (Å²) in [6, 6.07) is 5.74. The lowest BCUT2D eigenvalue weighted by Gasteiger charge is -2.12. The monoisotopic (exact) mass is 240 g/mol. The van der Waals surface area contributed by atoms with Crippen LogP contribution in [0.5, 0.6) is 0 Å². The molecule has 16 heavy (non-hydrogen) atoms. The largest absolute Gasteiger partial charge is 0.399 e. The zero-order valence-corrected chi connectivity index (χ0v) is 10.2. The van der Waals surface area contributed by atoms with Gasteiger partial charge in [-0.2, -0.15) is 0 Å². The maximum atomic E-state index is 9.36. The van der Waals surface area contributed by atoms with Gasteiger partial charge in [0.1, 0.15) is 7.11 Å². The summed E-state index contributed by atoms with van der Waals surface area (Å²) in [6.07, 6.45) is 3.68. The number of nitrogens with zero attached hydrogens (tertiary/aromatic N) is 2. The number of hydrogen-bond acceptors (Lipinski definition) is 5. The minimum Gasteiger partial charge on any atom is -0.399 e. The predicted molar refractivity (Wildman–Crippen MR) is 65.7 cm³/mol. The molecule has 0 saturated heterocycles. The Labute approximate surface area is 99.7 Å². The van der Waals surface area contributed by atoms with Crippen LogP contribution in [0.25, 0.3) is 0 Å². The maximum Gasteiger partial charge on any atom is 0.106 e. The average Bonchev–Trinajstić information content (AvgIpc) is 2.26. The van der Waals surface area contributed by atoms with Crippen LogP contribution in [0.3, 0.4) is 0 Å². The van der Waals surface area contributed by atoms with Gasteiger partial charge in [-0.3, -0.25) is 0 Å². The Balaban J connectivity index is 2.59. The molecule has 0 spiro atoms. The number of thioether (sulfide) groups is 1. The SMILES string of the molecule is CON=CC(CC(C)O)Sc1ccccn1. The van der Waals surface area contributed by atoms with E-state index in [1.54, 1.807) is 31.1 Å². The van der Waals surface area contributed by atoms with Gasteiger partial charge in [-0.1, -0.05) is 23.0 Å². The highest BCUT2D eigenvalue weighted by molar-refractivity contribution is 8.00. The van der Waals surface area contributed by atoms with Crippen molar-refractivity contribution in [1.29, 1.82) is 0 Å². The van der Waals surface area contributed by atoms with Gasteiger partial charge in [0, 0.05) is 6.20 Å². The number of rotatable bonds is 6. The highest BCUT2D eigenvalue weighted by Gasteiger charge is 2.12. The van der Waals surface area contributed by atoms with E-state index in [4.69, 9.17) is 0 Å². The van der Waals surface area contributed by atoms with E-state index in [2.05, 4.69) is 15.0 Å². The first kappa shape index (κ1) is 13.0. The molecule has 2 unspecified atom stereocenters. The average molecular weight is 240 g/mol. The van der Waals surface area contributed by atoms with Crippen molar-refractivity contribution in [3.05, 3.63) is 24.4 Å². The molecule has 0 aliphatic rings. The van der Waals surface area contributed by atoms with Crippen molar-refractivity contribution < 1.29 is 9.94 Å². The van der Waals surface area contributed by atoms with Crippen LogP contribution in [0, 0.1) is 0 Å². The molecule has 1 rings (SSSR count). The van der Waals surface area contributed by atoms with Crippen LogP contribution in [0.15, 0.2) is 34.6 Å². The van der Waals surface area contributed by atoms with E-state index in [9.17, 15) is 5.11 Å². The second-order valence-electron chi connectivity index (χ2n) is 3.35. The minimum absolute atomic E-state index is 0.0647. The van der Waals surface area contributed by atoms with Crippen molar-refractivity contribution in [1.82, 2.24) is 4.98 Å². The van der Waals surface area contributed by atoms with E-state index in [1.807, 2.05) is 18.2 Å². The molecule has 0 aromatic carbocycles. The second kappa shape index (κ2) is 7.24. The number of aliphatic hydroxyl groups excluding tert-OH is 1. The van der Waals surface area contributed by atoms with Gasteiger partial charge in [-0.15, -0.1) is 0 Å². The number of hydrogen-bond donors (Lipinski definition) is 1. The zero-order chi connectivity index (χ0) is 11.8. The molecular formula is C11H16N2O2S. The first-order valence-corrected chi connectivity index (χ1v) is 5.92. The van der Waals surface area contributed by atoms with Crippen LogP contribution >= 0.6 is 11.8 Å². The van der Waals surface area contributed by atoms with Crippen LogP contribution in [0.2, 0.25) is 0 Å². The standard InChI is InChI=1S/C11H16N2O2S/c1-9(14)7-10(8-13-15-2)16-11-5-3-4-6-12-11/h3-6,8-10,14H,7H2,1-2H3. The maximum absolute atomic E-state index is 9.36.